The smallest absolute Gasteiger partial charge is 0.0316 e. The van der Waals surface area contributed by atoms with E-state index in [2.05, 4.69) is 28.1 Å². The number of halogens is 1. The zero-order chi connectivity index (χ0) is 9.97. The molecule has 1 aromatic carbocycles. The molecule has 0 saturated carbocycles. The van der Waals surface area contributed by atoms with Crippen molar-refractivity contribution < 1.29 is 0 Å². The highest BCUT2D eigenvalue weighted by Crippen LogP contribution is 2.38. The second kappa shape index (κ2) is 4.69. The van der Waals surface area contributed by atoms with Gasteiger partial charge in [0.1, 0.15) is 0 Å². The number of aryl methyl sites for hydroxylation is 2. The molecule has 0 radical (unpaired) electrons. The van der Waals surface area contributed by atoms with Gasteiger partial charge in [0, 0.05) is 15.1 Å². The van der Waals surface area contributed by atoms with Gasteiger partial charge in [-0.3, -0.25) is 0 Å². The van der Waals surface area contributed by atoms with Crippen LogP contribution in [0.15, 0.2) is 21.5 Å². The molecule has 0 unspecified atom stereocenters. The summed E-state index contributed by atoms with van der Waals surface area (Å²) in [6.45, 7) is 0.781. The lowest BCUT2D eigenvalue weighted by Crippen LogP contribution is -2.00. The van der Waals surface area contributed by atoms with Crippen LogP contribution in [0.3, 0.4) is 0 Å². The molecule has 0 spiro atoms. The van der Waals surface area contributed by atoms with Crippen molar-refractivity contribution in [2.75, 3.05) is 12.3 Å². The van der Waals surface area contributed by atoms with E-state index >= 15 is 0 Å². The molecular formula is C11H14BrNS. The molecule has 2 rings (SSSR count). The largest absolute Gasteiger partial charge is 0.330 e. The topological polar surface area (TPSA) is 26.0 Å². The van der Waals surface area contributed by atoms with Crippen LogP contribution in [-0.4, -0.2) is 12.3 Å². The highest BCUT2D eigenvalue weighted by atomic mass is 79.9. The van der Waals surface area contributed by atoms with Crippen molar-refractivity contribution in [3.8, 4) is 0 Å². The van der Waals surface area contributed by atoms with E-state index in [0.717, 1.165) is 19.4 Å². The second-order valence-electron chi connectivity index (χ2n) is 3.56. The summed E-state index contributed by atoms with van der Waals surface area (Å²) in [7, 11) is 0. The quantitative estimate of drug-likeness (QED) is 0.915. The molecule has 76 valence electrons. The first-order chi connectivity index (χ1) is 6.81. The van der Waals surface area contributed by atoms with Crippen molar-refractivity contribution in [1.82, 2.24) is 0 Å². The minimum atomic E-state index is 0.781. The van der Waals surface area contributed by atoms with E-state index in [4.69, 9.17) is 5.73 Å². The summed E-state index contributed by atoms with van der Waals surface area (Å²) in [5.74, 6) is 1.23. The Hall–Kier alpha value is 0.01000. The van der Waals surface area contributed by atoms with Gasteiger partial charge in [0.25, 0.3) is 0 Å². The van der Waals surface area contributed by atoms with Crippen LogP contribution < -0.4 is 5.73 Å². The maximum absolute atomic E-state index is 5.51. The number of hydrogen-bond acceptors (Lipinski definition) is 2. The van der Waals surface area contributed by atoms with E-state index in [1.807, 2.05) is 11.8 Å². The van der Waals surface area contributed by atoms with Crippen LogP contribution in [0.4, 0.5) is 0 Å². The Morgan fingerprint density at radius 1 is 1.43 bits per heavy atom. The molecule has 2 N–H and O–H groups in total. The van der Waals surface area contributed by atoms with Crippen LogP contribution in [0.1, 0.15) is 17.5 Å². The van der Waals surface area contributed by atoms with Crippen LogP contribution in [-0.2, 0) is 12.8 Å². The Morgan fingerprint density at radius 2 is 2.29 bits per heavy atom. The second-order valence-corrected chi connectivity index (χ2v) is 5.52. The first-order valence-electron chi connectivity index (χ1n) is 4.95. The Bertz CT molecular complexity index is 338. The monoisotopic (exact) mass is 271 g/mol. The molecule has 1 heterocycles. The fraction of sp³-hybridized carbons (Fsp3) is 0.455. The van der Waals surface area contributed by atoms with Gasteiger partial charge in [0.15, 0.2) is 0 Å². The van der Waals surface area contributed by atoms with Gasteiger partial charge in [-0.2, -0.15) is 0 Å². The minimum Gasteiger partial charge on any atom is -0.330 e. The van der Waals surface area contributed by atoms with Crippen LogP contribution >= 0.6 is 27.7 Å². The molecule has 0 saturated heterocycles. The molecule has 0 aromatic heterocycles. The predicted molar refractivity (Wildman–Crippen MR) is 65.9 cm³/mol. The number of nitrogens with two attached hydrogens (primary N) is 1. The Labute approximate surface area is 97.6 Å². The summed E-state index contributed by atoms with van der Waals surface area (Å²) in [5, 5.41) is 0. The van der Waals surface area contributed by atoms with E-state index in [1.54, 1.807) is 0 Å². The Balaban J connectivity index is 2.23. The van der Waals surface area contributed by atoms with Crippen molar-refractivity contribution in [3.05, 3.63) is 27.7 Å². The van der Waals surface area contributed by atoms with Crippen LogP contribution in [0.25, 0.3) is 0 Å². The Morgan fingerprint density at radius 3 is 3.07 bits per heavy atom. The number of fused-ring (bicyclic) bond motifs is 1. The zero-order valence-corrected chi connectivity index (χ0v) is 10.5. The van der Waals surface area contributed by atoms with E-state index < -0.39 is 0 Å². The Kier molecular flexibility index (Phi) is 3.52. The molecule has 0 fully saturated rings. The van der Waals surface area contributed by atoms with Gasteiger partial charge in [0.05, 0.1) is 0 Å². The molecule has 0 aliphatic carbocycles. The van der Waals surface area contributed by atoms with Crippen LogP contribution in [0.5, 0.6) is 0 Å². The van der Waals surface area contributed by atoms with Gasteiger partial charge in [-0.25, -0.2) is 0 Å². The summed E-state index contributed by atoms with van der Waals surface area (Å²) in [6, 6.07) is 4.59. The first kappa shape index (κ1) is 10.5. The summed E-state index contributed by atoms with van der Waals surface area (Å²) in [6.07, 6.45) is 3.40. The molecule has 3 heteroatoms. The number of benzene rings is 1. The normalized spacial score (nSPS) is 14.4. The van der Waals surface area contributed by atoms with Gasteiger partial charge in [-0.05, 0) is 58.9 Å². The van der Waals surface area contributed by atoms with Gasteiger partial charge in [0.2, 0.25) is 0 Å². The molecule has 0 atom stereocenters. The van der Waals surface area contributed by atoms with Crippen molar-refractivity contribution in [1.29, 1.82) is 0 Å². The van der Waals surface area contributed by atoms with Crippen molar-refractivity contribution in [3.63, 3.8) is 0 Å². The van der Waals surface area contributed by atoms with Gasteiger partial charge in [-0.1, -0.05) is 6.07 Å². The van der Waals surface area contributed by atoms with Gasteiger partial charge < -0.3 is 5.73 Å². The SMILES string of the molecule is NCCCc1cc(Br)c2c(c1)CCS2. The van der Waals surface area contributed by atoms with E-state index in [0.29, 0.717) is 0 Å². The van der Waals surface area contributed by atoms with Crippen molar-refractivity contribution in [2.24, 2.45) is 5.73 Å². The lowest BCUT2D eigenvalue weighted by molar-refractivity contribution is 0.829. The molecular weight excluding hydrogens is 258 g/mol. The lowest BCUT2D eigenvalue weighted by Gasteiger charge is -2.06. The molecule has 0 amide bonds. The number of thioether (sulfide) groups is 1. The van der Waals surface area contributed by atoms with Crippen molar-refractivity contribution >= 4 is 27.7 Å². The van der Waals surface area contributed by atoms with Gasteiger partial charge >= 0.3 is 0 Å². The minimum absolute atomic E-state index is 0.781. The summed E-state index contributed by atoms with van der Waals surface area (Å²) in [4.78, 5) is 1.45. The molecule has 1 aromatic rings. The third-order valence-electron chi connectivity index (χ3n) is 2.47. The van der Waals surface area contributed by atoms with E-state index in [-0.39, 0.29) is 0 Å². The summed E-state index contributed by atoms with van der Waals surface area (Å²) in [5.41, 5.74) is 8.44. The highest BCUT2D eigenvalue weighted by Gasteiger charge is 2.15. The third kappa shape index (κ3) is 2.15. The molecule has 0 bridgehead atoms. The summed E-state index contributed by atoms with van der Waals surface area (Å²) >= 11 is 5.59. The molecule has 1 aliphatic rings. The van der Waals surface area contributed by atoms with Crippen LogP contribution in [0.2, 0.25) is 0 Å². The van der Waals surface area contributed by atoms with Crippen molar-refractivity contribution in [2.45, 2.75) is 24.2 Å². The first-order valence-corrected chi connectivity index (χ1v) is 6.73. The predicted octanol–water partition coefficient (Wildman–Crippen LogP) is 2.99. The number of rotatable bonds is 3. The van der Waals surface area contributed by atoms with E-state index in [9.17, 15) is 0 Å². The fourth-order valence-electron chi connectivity index (χ4n) is 1.77. The highest BCUT2D eigenvalue weighted by molar-refractivity contribution is 9.10. The lowest BCUT2D eigenvalue weighted by atomic mass is 10.1. The average molecular weight is 272 g/mol. The third-order valence-corrected chi connectivity index (χ3v) is 4.53. The summed E-state index contributed by atoms with van der Waals surface area (Å²) < 4.78 is 1.27. The maximum atomic E-state index is 5.51. The van der Waals surface area contributed by atoms with E-state index in [1.165, 1.54) is 32.7 Å². The van der Waals surface area contributed by atoms with Crippen LogP contribution in [0, 0.1) is 0 Å². The fourth-order valence-corrected chi connectivity index (χ4v) is 3.73. The maximum Gasteiger partial charge on any atom is 0.0316 e. The molecule has 14 heavy (non-hydrogen) atoms. The molecule has 1 aliphatic heterocycles. The average Bonchev–Trinajstić information content (AvgIpc) is 2.63. The van der Waals surface area contributed by atoms with Gasteiger partial charge in [-0.15, -0.1) is 11.8 Å². The molecule has 1 nitrogen and oxygen atoms in total. The zero-order valence-electron chi connectivity index (χ0n) is 8.05. The number of hydrogen-bond donors (Lipinski definition) is 1. The standard InChI is InChI=1S/C11H14BrNS/c12-10-7-8(2-1-4-13)6-9-3-5-14-11(9)10/h6-7H,1-5,13H2.